The first-order valence-corrected chi connectivity index (χ1v) is 8.35. The fraction of sp³-hybridized carbons (Fsp3) is 0.600. The minimum absolute atomic E-state index is 0.636. The SMILES string of the molecule is CC(CNc1ncnc2sccc12)CN1CCCCC1. The maximum atomic E-state index is 4.37. The van der Waals surface area contributed by atoms with E-state index in [1.54, 1.807) is 17.7 Å². The molecule has 1 saturated heterocycles. The first-order valence-electron chi connectivity index (χ1n) is 7.47. The standard InChI is InChI=1S/C15H22N4S/c1-12(10-19-6-3-2-4-7-19)9-16-14-13-5-8-20-15(13)18-11-17-14/h5,8,11-12H,2-4,6-7,9-10H2,1H3,(H,16,17,18). The van der Waals surface area contributed by atoms with E-state index in [4.69, 9.17) is 0 Å². The predicted octanol–water partition coefficient (Wildman–Crippen LogP) is 3.23. The highest BCUT2D eigenvalue weighted by Crippen LogP contribution is 2.23. The fourth-order valence-electron chi connectivity index (χ4n) is 2.85. The fourth-order valence-corrected chi connectivity index (χ4v) is 3.58. The van der Waals surface area contributed by atoms with Crippen molar-refractivity contribution in [2.24, 2.45) is 5.92 Å². The molecule has 0 saturated carbocycles. The Kier molecular flexibility index (Phi) is 4.47. The second kappa shape index (κ2) is 6.50. The van der Waals surface area contributed by atoms with Crippen LogP contribution < -0.4 is 5.32 Å². The van der Waals surface area contributed by atoms with E-state index in [-0.39, 0.29) is 0 Å². The van der Waals surface area contributed by atoms with Crippen LogP contribution in [0.25, 0.3) is 10.2 Å². The van der Waals surface area contributed by atoms with Gasteiger partial charge in [-0.3, -0.25) is 0 Å². The van der Waals surface area contributed by atoms with Crippen molar-refractivity contribution in [3.8, 4) is 0 Å². The number of nitrogens with zero attached hydrogens (tertiary/aromatic N) is 3. The Morgan fingerprint density at radius 3 is 3.00 bits per heavy atom. The Morgan fingerprint density at radius 2 is 2.15 bits per heavy atom. The lowest BCUT2D eigenvalue weighted by Gasteiger charge is -2.29. The van der Waals surface area contributed by atoms with Crippen LogP contribution in [0.2, 0.25) is 0 Å². The van der Waals surface area contributed by atoms with Gasteiger partial charge in [0.15, 0.2) is 0 Å². The third-order valence-electron chi connectivity index (χ3n) is 3.90. The Hall–Kier alpha value is -1.20. The summed E-state index contributed by atoms with van der Waals surface area (Å²) in [4.78, 5) is 12.3. The average Bonchev–Trinajstić information content (AvgIpc) is 2.95. The van der Waals surface area contributed by atoms with Gasteiger partial charge in [-0.1, -0.05) is 13.3 Å². The quantitative estimate of drug-likeness (QED) is 0.918. The summed E-state index contributed by atoms with van der Waals surface area (Å²) in [7, 11) is 0. The summed E-state index contributed by atoms with van der Waals surface area (Å²) < 4.78 is 0. The van der Waals surface area contributed by atoms with Crippen molar-refractivity contribution in [2.75, 3.05) is 31.5 Å². The van der Waals surface area contributed by atoms with E-state index in [1.807, 2.05) is 0 Å². The highest BCUT2D eigenvalue weighted by atomic mass is 32.1. The van der Waals surface area contributed by atoms with Crippen LogP contribution in [-0.4, -0.2) is 41.0 Å². The van der Waals surface area contributed by atoms with Gasteiger partial charge in [0.25, 0.3) is 0 Å². The van der Waals surface area contributed by atoms with Crippen molar-refractivity contribution in [3.63, 3.8) is 0 Å². The minimum Gasteiger partial charge on any atom is -0.369 e. The number of anilines is 1. The van der Waals surface area contributed by atoms with Gasteiger partial charge in [-0.15, -0.1) is 11.3 Å². The molecule has 5 heteroatoms. The smallest absolute Gasteiger partial charge is 0.138 e. The van der Waals surface area contributed by atoms with E-state index < -0.39 is 0 Å². The lowest BCUT2D eigenvalue weighted by atomic mass is 10.1. The molecular weight excluding hydrogens is 268 g/mol. The number of hydrogen-bond donors (Lipinski definition) is 1. The number of nitrogens with one attached hydrogen (secondary N) is 1. The number of hydrogen-bond acceptors (Lipinski definition) is 5. The van der Waals surface area contributed by atoms with Crippen molar-refractivity contribution in [1.82, 2.24) is 14.9 Å². The molecule has 0 amide bonds. The zero-order chi connectivity index (χ0) is 13.8. The van der Waals surface area contributed by atoms with E-state index in [9.17, 15) is 0 Å². The third kappa shape index (κ3) is 3.27. The van der Waals surface area contributed by atoms with Crippen LogP contribution in [0.1, 0.15) is 26.2 Å². The molecule has 108 valence electrons. The van der Waals surface area contributed by atoms with Crippen molar-refractivity contribution < 1.29 is 0 Å². The molecule has 1 aliphatic rings. The summed E-state index contributed by atoms with van der Waals surface area (Å²) in [6.07, 6.45) is 5.78. The normalized spacial score (nSPS) is 18.2. The van der Waals surface area contributed by atoms with Crippen LogP contribution in [0.3, 0.4) is 0 Å². The molecule has 1 atom stereocenters. The molecule has 2 aromatic heterocycles. The highest BCUT2D eigenvalue weighted by Gasteiger charge is 2.13. The first kappa shape index (κ1) is 13.8. The Labute approximate surface area is 124 Å². The van der Waals surface area contributed by atoms with Crippen LogP contribution >= 0.6 is 11.3 Å². The van der Waals surface area contributed by atoms with Crippen LogP contribution in [-0.2, 0) is 0 Å². The lowest BCUT2D eigenvalue weighted by molar-refractivity contribution is 0.204. The van der Waals surface area contributed by atoms with Crippen molar-refractivity contribution in [3.05, 3.63) is 17.8 Å². The van der Waals surface area contributed by atoms with Crippen molar-refractivity contribution >= 4 is 27.4 Å². The molecule has 2 aromatic rings. The average molecular weight is 290 g/mol. The molecule has 20 heavy (non-hydrogen) atoms. The van der Waals surface area contributed by atoms with Gasteiger partial charge in [0.1, 0.15) is 17.0 Å². The summed E-state index contributed by atoms with van der Waals surface area (Å²) in [5, 5.41) is 6.70. The van der Waals surface area contributed by atoms with E-state index in [0.29, 0.717) is 5.92 Å². The predicted molar refractivity (Wildman–Crippen MR) is 85.4 cm³/mol. The maximum Gasteiger partial charge on any atom is 0.138 e. The monoisotopic (exact) mass is 290 g/mol. The molecule has 0 aliphatic carbocycles. The first-order chi connectivity index (χ1) is 9.83. The maximum absolute atomic E-state index is 4.37. The number of rotatable bonds is 5. The van der Waals surface area contributed by atoms with E-state index >= 15 is 0 Å². The zero-order valence-electron chi connectivity index (χ0n) is 12.0. The summed E-state index contributed by atoms with van der Waals surface area (Å²) >= 11 is 1.66. The largest absolute Gasteiger partial charge is 0.369 e. The van der Waals surface area contributed by atoms with Gasteiger partial charge in [-0.25, -0.2) is 9.97 Å². The Bertz CT molecular complexity index is 548. The van der Waals surface area contributed by atoms with Gasteiger partial charge in [-0.2, -0.15) is 0 Å². The second-order valence-electron chi connectivity index (χ2n) is 5.71. The van der Waals surface area contributed by atoms with Crippen molar-refractivity contribution in [1.29, 1.82) is 0 Å². The summed E-state index contributed by atoms with van der Waals surface area (Å²) in [5.41, 5.74) is 0. The van der Waals surface area contributed by atoms with E-state index in [1.165, 1.54) is 38.9 Å². The summed E-state index contributed by atoms with van der Waals surface area (Å²) in [6, 6.07) is 2.09. The molecule has 0 aromatic carbocycles. The molecular formula is C15H22N4S. The van der Waals surface area contributed by atoms with Crippen LogP contribution in [0.4, 0.5) is 5.82 Å². The lowest BCUT2D eigenvalue weighted by Crippen LogP contribution is -2.35. The second-order valence-corrected chi connectivity index (χ2v) is 6.60. The molecule has 1 aliphatic heterocycles. The number of aromatic nitrogens is 2. The van der Waals surface area contributed by atoms with Gasteiger partial charge in [0.05, 0.1) is 5.39 Å². The van der Waals surface area contributed by atoms with Crippen molar-refractivity contribution in [2.45, 2.75) is 26.2 Å². The molecule has 0 radical (unpaired) electrons. The molecule has 0 spiro atoms. The Morgan fingerprint density at radius 1 is 1.30 bits per heavy atom. The Balaban J connectivity index is 1.54. The van der Waals surface area contributed by atoms with Crippen LogP contribution in [0.15, 0.2) is 17.8 Å². The van der Waals surface area contributed by atoms with Gasteiger partial charge < -0.3 is 10.2 Å². The minimum atomic E-state index is 0.636. The summed E-state index contributed by atoms with van der Waals surface area (Å²) in [6.45, 7) is 7.01. The molecule has 1 N–H and O–H groups in total. The third-order valence-corrected chi connectivity index (χ3v) is 4.72. The topological polar surface area (TPSA) is 41.1 Å². The molecule has 1 fully saturated rings. The van der Waals surface area contributed by atoms with Crippen LogP contribution in [0.5, 0.6) is 0 Å². The van der Waals surface area contributed by atoms with Gasteiger partial charge in [-0.05, 0) is 43.3 Å². The van der Waals surface area contributed by atoms with E-state index in [0.717, 1.165) is 22.6 Å². The molecule has 3 heterocycles. The van der Waals surface area contributed by atoms with Gasteiger partial charge in [0.2, 0.25) is 0 Å². The highest BCUT2D eigenvalue weighted by molar-refractivity contribution is 7.16. The summed E-state index contributed by atoms with van der Waals surface area (Å²) in [5.74, 6) is 1.61. The molecule has 0 bridgehead atoms. The molecule has 3 rings (SSSR count). The van der Waals surface area contributed by atoms with E-state index in [2.05, 4.69) is 38.6 Å². The van der Waals surface area contributed by atoms with Gasteiger partial charge in [0, 0.05) is 13.1 Å². The number of piperidine rings is 1. The molecule has 1 unspecified atom stereocenters. The number of fused-ring (bicyclic) bond motifs is 1. The van der Waals surface area contributed by atoms with Gasteiger partial charge >= 0.3 is 0 Å². The zero-order valence-corrected chi connectivity index (χ0v) is 12.8. The number of likely N-dealkylation sites (tertiary alicyclic amines) is 1. The van der Waals surface area contributed by atoms with Crippen LogP contribution in [0, 0.1) is 5.92 Å². The number of thiophene rings is 1. The molecule has 4 nitrogen and oxygen atoms in total.